The molecule has 2 aromatic rings. The summed E-state index contributed by atoms with van der Waals surface area (Å²) in [5.41, 5.74) is 3.28. The number of hydrogen-bond donors (Lipinski definition) is 1. The number of rotatable bonds is 9. The fraction of sp³-hybridized carbons (Fsp3) is 0.524. The number of ether oxygens (including phenoxy) is 2. The summed E-state index contributed by atoms with van der Waals surface area (Å²) in [7, 11) is 0. The standard InChI is InChI=1S/C21H31N3O3/c1-7-12-24-16(6)20(15(5)23-24)21(25)22-14(4)17-10-11-18(26-8-2)19(13-17)27-9-3/h10-11,13-14H,7-9,12H2,1-6H3,(H,22,25)/t14-/m1/s1. The minimum absolute atomic E-state index is 0.105. The van der Waals surface area contributed by atoms with Gasteiger partial charge in [-0.2, -0.15) is 5.10 Å². The van der Waals surface area contributed by atoms with Gasteiger partial charge in [0.2, 0.25) is 0 Å². The number of nitrogens with zero attached hydrogens (tertiary/aromatic N) is 2. The summed E-state index contributed by atoms with van der Waals surface area (Å²) in [6, 6.07) is 5.61. The average molecular weight is 373 g/mol. The van der Waals surface area contributed by atoms with Crippen molar-refractivity contribution in [3.05, 3.63) is 40.7 Å². The van der Waals surface area contributed by atoms with Crippen LogP contribution in [-0.4, -0.2) is 28.9 Å². The first-order valence-corrected chi connectivity index (χ1v) is 9.67. The first kappa shape index (κ1) is 20.8. The summed E-state index contributed by atoms with van der Waals surface area (Å²) in [6.45, 7) is 13.7. The topological polar surface area (TPSA) is 65.4 Å². The first-order chi connectivity index (χ1) is 12.9. The van der Waals surface area contributed by atoms with Crippen molar-refractivity contribution in [2.75, 3.05) is 13.2 Å². The summed E-state index contributed by atoms with van der Waals surface area (Å²) in [6.07, 6.45) is 0.978. The molecular weight excluding hydrogens is 342 g/mol. The summed E-state index contributed by atoms with van der Waals surface area (Å²) in [5, 5.41) is 7.57. The van der Waals surface area contributed by atoms with Gasteiger partial charge in [0.1, 0.15) is 0 Å². The molecule has 1 aromatic heterocycles. The van der Waals surface area contributed by atoms with Crippen molar-refractivity contribution < 1.29 is 14.3 Å². The third-order valence-electron chi connectivity index (χ3n) is 4.46. The molecule has 0 unspecified atom stereocenters. The van der Waals surface area contributed by atoms with Gasteiger partial charge in [-0.1, -0.05) is 13.0 Å². The monoisotopic (exact) mass is 373 g/mol. The van der Waals surface area contributed by atoms with Crippen LogP contribution in [0.4, 0.5) is 0 Å². The van der Waals surface area contributed by atoms with E-state index in [2.05, 4.69) is 17.3 Å². The Morgan fingerprint density at radius 3 is 2.44 bits per heavy atom. The van der Waals surface area contributed by atoms with Crippen molar-refractivity contribution in [1.82, 2.24) is 15.1 Å². The van der Waals surface area contributed by atoms with Gasteiger partial charge in [-0.05, 0) is 58.7 Å². The predicted octanol–water partition coefficient (Wildman–Crippen LogP) is 4.20. The number of amides is 1. The maximum atomic E-state index is 12.8. The van der Waals surface area contributed by atoms with Crippen LogP contribution in [0.5, 0.6) is 11.5 Å². The maximum absolute atomic E-state index is 12.8. The lowest BCUT2D eigenvalue weighted by Gasteiger charge is -2.17. The van der Waals surface area contributed by atoms with E-state index in [0.29, 0.717) is 30.3 Å². The summed E-state index contributed by atoms with van der Waals surface area (Å²) in [4.78, 5) is 12.8. The lowest BCUT2D eigenvalue weighted by Crippen LogP contribution is -2.27. The van der Waals surface area contributed by atoms with Gasteiger partial charge in [0.25, 0.3) is 5.91 Å². The molecule has 148 valence electrons. The molecular formula is C21H31N3O3. The molecule has 27 heavy (non-hydrogen) atoms. The normalized spacial score (nSPS) is 11.9. The second kappa shape index (κ2) is 9.44. The molecule has 1 aromatic carbocycles. The number of carbonyl (C=O) groups excluding carboxylic acids is 1. The largest absolute Gasteiger partial charge is 0.490 e. The second-order valence-corrected chi connectivity index (χ2v) is 6.54. The highest BCUT2D eigenvalue weighted by Gasteiger charge is 2.21. The minimum Gasteiger partial charge on any atom is -0.490 e. The zero-order valence-electron chi connectivity index (χ0n) is 17.3. The van der Waals surface area contributed by atoms with E-state index in [1.165, 1.54) is 0 Å². The van der Waals surface area contributed by atoms with E-state index in [4.69, 9.17) is 9.47 Å². The predicted molar refractivity (Wildman–Crippen MR) is 107 cm³/mol. The van der Waals surface area contributed by atoms with Crippen LogP contribution < -0.4 is 14.8 Å². The zero-order chi connectivity index (χ0) is 20.0. The third kappa shape index (κ3) is 4.81. The van der Waals surface area contributed by atoms with E-state index < -0.39 is 0 Å². The molecule has 0 radical (unpaired) electrons. The van der Waals surface area contributed by atoms with E-state index >= 15 is 0 Å². The molecule has 1 atom stereocenters. The van der Waals surface area contributed by atoms with Crippen LogP contribution >= 0.6 is 0 Å². The number of nitrogens with one attached hydrogen (secondary N) is 1. The Bertz CT molecular complexity index is 783. The van der Waals surface area contributed by atoms with E-state index in [-0.39, 0.29) is 11.9 Å². The van der Waals surface area contributed by atoms with E-state index in [0.717, 1.165) is 29.9 Å². The Kier molecular flexibility index (Phi) is 7.28. The molecule has 0 spiro atoms. The van der Waals surface area contributed by atoms with Crippen LogP contribution in [0.1, 0.15) is 67.5 Å². The molecule has 2 rings (SSSR count). The molecule has 1 heterocycles. The van der Waals surface area contributed by atoms with E-state index in [1.54, 1.807) is 0 Å². The number of hydrogen-bond acceptors (Lipinski definition) is 4. The summed E-state index contributed by atoms with van der Waals surface area (Å²) >= 11 is 0. The van der Waals surface area contributed by atoms with E-state index in [1.807, 2.05) is 57.5 Å². The minimum atomic E-state index is -0.166. The van der Waals surface area contributed by atoms with Crippen LogP contribution in [0.3, 0.4) is 0 Å². The number of aryl methyl sites for hydroxylation is 2. The lowest BCUT2D eigenvalue weighted by atomic mass is 10.1. The van der Waals surface area contributed by atoms with Crippen LogP contribution in [0.25, 0.3) is 0 Å². The highest BCUT2D eigenvalue weighted by atomic mass is 16.5. The van der Waals surface area contributed by atoms with Gasteiger partial charge in [-0.3, -0.25) is 9.48 Å². The molecule has 6 heteroatoms. The number of benzene rings is 1. The van der Waals surface area contributed by atoms with Crippen molar-refractivity contribution in [3.8, 4) is 11.5 Å². The quantitative estimate of drug-likeness (QED) is 0.715. The summed E-state index contributed by atoms with van der Waals surface area (Å²) in [5.74, 6) is 1.31. The van der Waals surface area contributed by atoms with Gasteiger partial charge in [0, 0.05) is 12.2 Å². The van der Waals surface area contributed by atoms with Crippen LogP contribution in [0.15, 0.2) is 18.2 Å². The Morgan fingerprint density at radius 2 is 1.81 bits per heavy atom. The van der Waals surface area contributed by atoms with Crippen molar-refractivity contribution in [2.45, 2.75) is 60.5 Å². The fourth-order valence-corrected chi connectivity index (χ4v) is 3.14. The second-order valence-electron chi connectivity index (χ2n) is 6.54. The Labute approximate surface area is 161 Å². The smallest absolute Gasteiger partial charge is 0.255 e. The third-order valence-corrected chi connectivity index (χ3v) is 4.46. The summed E-state index contributed by atoms with van der Waals surface area (Å²) < 4.78 is 13.2. The fourth-order valence-electron chi connectivity index (χ4n) is 3.14. The van der Waals surface area contributed by atoms with E-state index in [9.17, 15) is 4.79 Å². The molecule has 0 fully saturated rings. The maximum Gasteiger partial charge on any atom is 0.255 e. The molecule has 1 N–H and O–H groups in total. The van der Waals surface area contributed by atoms with Gasteiger partial charge in [-0.15, -0.1) is 0 Å². The molecule has 1 amide bonds. The van der Waals surface area contributed by atoms with Gasteiger partial charge in [0.15, 0.2) is 11.5 Å². The molecule has 0 aliphatic heterocycles. The Morgan fingerprint density at radius 1 is 1.15 bits per heavy atom. The molecule has 0 aliphatic carbocycles. The average Bonchev–Trinajstić information content (AvgIpc) is 2.90. The van der Waals surface area contributed by atoms with Crippen molar-refractivity contribution in [1.29, 1.82) is 0 Å². The van der Waals surface area contributed by atoms with Gasteiger partial charge < -0.3 is 14.8 Å². The Hall–Kier alpha value is -2.50. The van der Waals surface area contributed by atoms with Crippen LogP contribution in [0, 0.1) is 13.8 Å². The van der Waals surface area contributed by atoms with Crippen molar-refractivity contribution in [2.24, 2.45) is 0 Å². The lowest BCUT2D eigenvalue weighted by molar-refractivity contribution is 0.0938. The van der Waals surface area contributed by atoms with Gasteiger partial charge in [0.05, 0.1) is 30.5 Å². The van der Waals surface area contributed by atoms with Crippen LogP contribution in [0.2, 0.25) is 0 Å². The van der Waals surface area contributed by atoms with Gasteiger partial charge in [-0.25, -0.2) is 0 Å². The zero-order valence-corrected chi connectivity index (χ0v) is 17.3. The Balaban J connectivity index is 2.20. The molecule has 0 saturated heterocycles. The molecule has 0 aliphatic rings. The first-order valence-electron chi connectivity index (χ1n) is 9.67. The SMILES string of the molecule is CCCn1nc(C)c(C(=O)N[C@H](C)c2ccc(OCC)c(OCC)c2)c1C. The van der Waals surface area contributed by atoms with Crippen LogP contribution in [-0.2, 0) is 6.54 Å². The molecule has 0 saturated carbocycles. The molecule has 6 nitrogen and oxygen atoms in total. The van der Waals surface area contributed by atoms with Crippen molar-refractivity contribution in [3.63, 3.8) is 0 Å². The molecule has 0 bridgehead atoms. The van der Waals surface area contributed by atoms with Gasteiger partial charge >= 0.3 is 0 Å². The number of aromatic nitrogens is 2. The van der Waals surface area contributed by atoms with Crippen molar-refractivity contribution >= 4 is 5.91 Å². The highest BCUT2D eigenvalue weighted by molar-refractivity contribution is 5.96. The highest BCUT2D eigenvalue weighted by Crippen LogP contribution is 2.31. The number of carbonyl (C=O) groups is 1.